The molecule has 10 heteroatoms. The Morgan fingerprint density at radius 2 is 1.85 bits per heavy atom. The number of alkyl halides is 1. The SMILES string of the molecule is CS(=O)(=O)Nc1cc(OS(C)(=O)=O)ccc1C(=O)CBr. The van der Waals surface area contributed by atoms with Gasteiger partial charge in [-0.1, -0.05) is 15.9 Å². The second-order valence-electron chi connectivity index (χ2n) is 3.93. The van der Waals surface area contributed by atoms with E-state index in [1.165, 1.54) is 12.1 Å². The molecule has 0 aliphatic rings. The smallest absolute Gasteiger partial charge is 0.306 e. The number of benzene rings is 1. The highest BCUT2D eigenvalue weighted by Gasteiger charge is 2.16. The fourth-order valence-corrected chi connectivity index (χ4v) is 2.67. The first kappa shape index (κ1) is 16.9. The van der Waals surface area contributed by atoms with Crippen molar-refractivity contribution in [1.82, 2.24) is 0 Å². The molecule has 0 aliphatic carbocycles. The molecule has 1 aromatic carbocycles. The van der Waals surface area contributed by atoms with Gasteiger partial charge in [0, 0.05) is 11.6 Å². The summed E-state index contributed by atoms with van der Waals surface area (Å²) in [4.78, 5) is 11.7. The molecule has 1 N–H and O–H groups in total. The van der Waals surface area contributed by atoms with E-state index in [1.807, 2.05) is 0 Å². The van der Waals surface area contributed by atoms with E-state index in [4.69, 9.17) is 0 Å². The Balaban J connectivity index is 3.32. The van der Waals surface area contributed by atoms with Crippen LogP contribution in [0, 0.1) is 0 Å². The van der Waals surface area contributed by atoms with Crippen LogP contribution < -0.4 is 8.91 Å². The minimum atomic E-state index is -3.75. The minimum Gasteiger partial charge on any atom is -0.383 e. The van der Waals surface area contributed by atoms with Crippen LogP contribution in [0.25, 0.3) is 0 Å². The van der Waals surface area contributed by atoms with Gasteiger partial charge in [-0.3, -0.25) is 9.52 Å². The van der Waals surface area contributed by atoms with Crippen molar-refractivity contribution in [3.8, 4) is 5.75 Å². The van der Waals surface area contributed by atoms with Crippen LogP contribution in [0.15, 0.2) is 18.2 Å². The predicted octanol–water partition coefficient (Wildman–Crippen LogP) is 0.974. The molecule has 0 saturated carbocycles. The molecule has 0 aromatic heterocycles. The van der Waals surface area contributed by atoms with Crippen molar-refractivity contribution in [3.05, 3.63) is 23.8 Å². The normalized spacial score (nSPS) is 11.9. The molecule has 0 spiro atoms. The van der Waals surface area contributed by atoms with Gasteiger partial charge >= 0.3 is 10.1 Å². The lowest BCUT2D eigenvalue weighted by Crippen LogP contribution is -2.14. The monoisotopic (exact) mass is 385 g/mol. The zero-order valence-electron chi connectivity index (χ0n) is 10.6. The van der Waals surface area contributed by atoms with E-state index in [0.717, 1.165) is 18.6 Å². The van der Waals surface area contributed by atoms with Crippen LogP contribution in [0.5, 0.6) is 5.75 Å². The molecule has 0 aliphatic heterocycles. The number of rotatable bonds is 6. The number of carbonyl (C=O) groups is 1. The van der Waals surface area contributed by atoms with Crippen LogP contribution in [0.2, 0.25) is 0 Å². The number of hydrogen-bond acceptors (Lipinski definition) is 6. The third-order valence-electron chi connectivity index (χ3n) is 1.96. The van der Waals surface area contributed by atoms with Crippen LogP contribution in [-0.2, 0) is 20.1 Å². The quantitative estimate of drug-likeness (QED) is 0.444. The predicted molar refractivity (Wildman–Crippen MR) is 78.5 cm³/mol. The number of nitrogens with one attached hydrogen (secondary N) is 1. The first-order valence-electron chi connectivity index (χ1n) is 5.12. The van der Waals surface area contributed by atoms with E-state index >= 15 is 0 Å². The van der Waals surface area contributed by atoms with Crippen molar-refractivity contribution in [2.75, 3.05) is 22.6 Å². The van der Waals surface area contributed by atoms with Crippen LogP contribution in [0.1, 0.15) is 10.4 Å². The molecule has 0 bridgehead atoms. The van der Waals surface area contributed by atoms with E-state index in [2.05, 4.69) is 24.8 Å². The van der Waals surface area contributed by atoms with E-state index in [-0.39, 0.29) is 28.1 Å². The van der Waals surface area contributed by atoms with Crippen molar-refractivity contribution in [3.63, 3.8) is 0 Å². The maximum atomic E-state index is 11.7. The van der Waals surface area contributed by atoms with Gasteiger partial charge < -0.3 is 4.18 Å². The van der Waals surface area contributed by atoms with Crippen LogP contribution in [-0.4, -0.2) is 40.5 Å². The van der Waals surface area contributed by atoms with Gasteiger partial charge in [-0.2, -0.15) is 8.42 Å². The molecule has 7 nitrogen and oxygen atoms in total. The molecule has 1 aromatic rings. The van der Waals surface area contributed by atoms with Gasteiger partial charge in [0.15, 0.2) is 5.78 Å². The molecule has 0 heterocycles. The molecule has 0 unspecified atom stereocenters. The molecule has 1 rings (SSSR count). The largest absolute Gasteiger partial charge is 0.383 e. The first-order chi connectivity index (χ1) is 9.02. The summed E-state index contributed by atoms with van der Waals surface area (Å²) < 4.78 is 51.4. The number of carbonyl (C=O) groups excluding carboxylic acids is 1. The standard InChI is InChI=1S/C10H12BrNO6S2/c1-19(14,15)12-9-5-7(18-20(2,16)17)3-4-8(9)10(13)6-11/h3-5,12H,6H2,1-2H3. The van der Waals surface area contributed by atoms with E-state index in [1.54, 1.807) is 0 Å². The van der Waals surface area contributed by atoms with Crippen LogP contribution >= 0.6 is 15.9 Å². The van der Waals surface area contributed by atoms with Gasteiger partial charge in [-0.05, 0) is 12.1 Å². The number of Topliss-reactive ketones (excluding diaryl/α,β-unsaturated/α-hetero) is 1. The first-order valence-corrected chi connectivity index (χ1v) is 9.95. The molecule has 112 valence electrons. The summed E-state index contributed by atoms with van der Waals surface area (Å²) in [5.74, 6) is -0.452. The van der Waals surface area contributed by atoms with Crippen molar-refractivity contribution < 1.29 is 25.8 Å². The summed E-state index contributed by atoms with van der Waals surface area (Å²) in [6, 6.07) is 3.69. The Morgan fingerprint density at radius 3 is 2.30 bits per heavy atom. The number of sulfonamides is 1. The Bertz CT molecular complexity index is 726. The molecule has 0 atom stereocenters. The van der Waals surface area contributed by atoms with Crippen molar-refractivity contribution in [2.24, 2.45) is 0 Å². The van der Waals surface area contributed by atoms with Gasteiger partial charge in [0.05, 0.1) is 23.5 Å². The summed E-state index contributed by atoms with van der Waals surface area (Å²) in [7, 11) is -7.37. The lowest BCUT2D eigenvalue weighted by Gasteiger charge is -2.11. The van der Waals surface area contributed by atoms with Gasteiger partial charge in [0.2, 0.25) is 10.0 Å². The molecule has 20 heavy (non-hydrogen) atoms. The van der Waals surface area contributed by atoms with Gasteiger partial charge in [-0.15, -0.1) is 0 Å². The molecule has 0 radical (unpaired) electrons. The molecule has 0 fully saturated rings. The lowest BCUT2D eigenvalue weighted by atomic mass is 10.1. The van der Waals surface area contributed by atoms with Crippen molar-refractivity contribution in [2.45, 2.75) is 0 Å². The number of hydrogen-bond donors (Lipinski definition) is 1. The number of halogens is 1. The molecular weight excluding hydrogens is 374 g/mol. The summed E-state index contributed by atoms with van der Waals surface area (Å²) in [5, 5.41) is -0.00226. The average Bonchev–Trinajstić information content (AvgIpc) is 2.24. The van der Waals surface area contributed by atoms with Crippen molar-refractivity contribution >= 4 is 47.5 Å². The fourth-order valence-electron chi connectivity index (χ4n) is 1.35. The summed E-state index contributed by atoms with van der Waals surface area (Å²) in [6.45, 7) is 0. The highest BCUT2D eigenvalue weighted by Crippen LogP contribution is 2.25. The topological polar surface area (TPSA) is 107 Å². The summed E-state index contributed by atoms with van der Waals surface area (Å²) in [5.41, 5.74) is 0.0613. The Hall–Kier alpha value is -1.13. The second-order valence-corrected chi connectivity index (χ2v) is 7.81. The third-order valence-corrected chi connectivity index (χ3v) is 3.55. The Kier molecular flexibility index (Phi) is 5.16. The van der Waals surface area contributed by atoms with E-state index < -0.39 is 20.1 Å². The van der Waals surface area contributed by atoms with Crippen LogP contribution in [0.4, 0.5) is 5.69 Å². The number of anilines is 1. The average molecular weight is 386 g/mol. The zero-order valence-corrected chi connectivity index (χ0v) is 13.8. The van der Waals surface area contributed by atoms with Crippen molar-refractivity contribution in [1.29, 1.82) is 0 Å². The highest BCUT2D eigenvalue weighted by molar-refractivity contribution is 9.09. The van der Waals surface area contributed by atoms with Crippen LogP contribution in [0.3, 0.4) is 0 Å². The van der Waals surface area contributed by atoms with Gasteiger partial charge in [0.25, 0.3) is 0 Å². The van der Waals surface area contributed by atoms with Gasteiger partial charge in [-0.25, -0.2) is 8.42 Å². The minimum absolute atomic E-state index is 0.00226. The van der Waals surface area contributed by atoms with E-state index in [0.29, 0.717) is 0 Å². The summed E-state index contributed by atoms with van der Waals surface area (Å²) >= 11 is 2.98. The maximum absolute atomic E-state index is 11.7. The highest BCUT2D eigenvalue weighted by atomic mass is 79.9. The van der Waals surface area contributed by atoms with E-state index in [9.17, 15) is 21.6 Å². The van der Waals surface area contributed by atoms with Gasteiger partial charge in [0.1, 0.15) is 5.75 Å². The molecular formula is C10H12BrNO6S2. The molecule has 0 amide bonds. The Labute approximate surface area is 125 Å². The zero-order chi connectivity index (χ0) is 15.6. The number of ketones is 1. The maximum Gasteiger partial charge on any atom is 0.306 e. The second kappa shape index (κ2) is 6.10. The lowest BCUT2D eigenvalue weighted by molar-refractivity contribution is 0.102. The third kappa shape index (κ3) is 5.47. The summed E-state index contributed by atoms with van der Waals surface area (Å²) in [6.07, 6.45) is 1.77. The Morgan fingerprint density at radius 1 is 1.25 bits per heavy atom. The molecule has 0 saturated heterocycles. The fraction of sp³-hybridized carbons (Fsp3) is 0.300.